The highest BCUT2D eigenvalue weighted by Gasteiger charge is 2.38. The van der Waals surface area contributed by atoms with Gasteiger partial charge >= 0.3 is 0 Å². The highest BCUT2D eigenvalue weighted by Crippen LogP contribution is 2.34. The molecule has 100 valence electrons. The number of aromatic nitrogens is 2. The molecule has 2 bridgehead atoms. The lowest BCUT2D eigenvalue weighted by molar-refractivity contribution is 0.148. The molecule has 0 radical (unpaired) electrons. The Morgan fingerprint density at radius 3 is 2.50 bits per heavy atom. The first-order valence-corrected chi connectivity index (χ1v) is 7.08. The fourth-order valence-corrected chi connectivity index (χ4v) is 3.55. The standard InChI is InChI=1S/C14H24N4/c1-10-11(9-16-18(10)3)8-15-12-6-13-4-5-14(7-12)17(13)2/h9,12-15H,4-8H2,1-3H3. The fourth-order valence-electron chi connectivity index (χ4n) is 3.55. The number of hydrogen-bond acceptors (Lipinski definition) is 3. The van der Waals surface area contributed by atoms with E-state index >= 15 is 0 Å². The third-order valence-corrected chi connectivity index (χ3v) is 5.02. The first-order valence-electron chi connectivity index (χ1n) is 7.08. The summed E-state index contributed by atoms with van der Waals surface area (Å²) < 4.78 is 1.95. The van der Waals surface area contributed by atoms with Crippen LogP contribution in [-0.4, -0.2) is 39.9 Å². The summed E-state index contributed by atoms with van der Waals surface area (Å²) in [5.41, 5.74) is 2.61. The zero-order chi connectivity index (χ0) is 12.7. The van der Waals surface area contributed by atoms with Crippen LogP contribution in [0.15, 0.2) is 6.20 Å². The molecule has 2 unspecified atom stereocenters. The van der Waals surface area contributed by atoms with Gasteiger partial charge in [0.05, 0.1) is 6.20 Å². The molecular weight excluding hydrogens is 224 g/mol. The Bertz CT molecular complexity index is 411. The summed E-state index contributed by atoms with van der Waals surface area (Å²) in [4.78, 5) is 2.59. The average molecular weight is 248 g/mol. The van der Waals surface area contributed by atoms with Crippen molar-refractivity contribution >= 4 is 0 Å². The fraction of sp³-hybridized carbons (Fsp3) is 0.786. The van der Waals surface area contributed by atoms with Crippen LogP contribution in [0.1, 0.15) is 36.9 Å². The summed E-state index contributed by atoms with van der Waals surface area (Å²) in [6.07, 6.45) is 7.40. The van der Waals surface area contributed by atoms with Gasteiger partial charge in [0.15, 0.2) is 0 Å². The third-order valence-electron chi connectivity index (χ3n) is 5.02. The minimum atomic E-state index is 0.693. The van der Waals surface area contributed by atoms with Crippen molar-refractivity contribution in [1.29, 1.82) is 0 Å². The maximum Gasteiger partial charge on any atom is 0.0537 e. The van der Waals surface area contributed by atoms with Crippen LogP contribution in [0.25, 0.3) is 0 Å². The summed E-state index contributed by atoms with van der Waals surface area (Å²) in [6, 6.07) is 2.32. The molecule has 18 heavy (non-hydrogen) atoms. The molecule has 4 nitrogen and oxygen atoms in total. The van der Waals surface area contributed by atoms with E-state index in [2.05, 4.69) is 29.3 Å². The van der Waals surface area contributed by atoms with Crippen molar-refractivity contribution in [3.8, 4) is 0 Å². The molecule has 3 rings (SSSR count). The number of hydrogen-bond donors (Lipinski definition) is 1. The van der Waals surface area contributed by atoms with Crippen molar-refractivity contribution in [2.45, 2.75) is 57.3 Å². The van der Waals surface area contributed by atoms with Gasteiger partial charge in [-0.3, -0.25) is 4.68 Å². The Hall–Kier alpha value is -0.870. The Kier molecular flexibility index (Phi) is 3.16. The molecule has 2 aliphatic heterocycles. The maximum atomic E-state index is 4.30. The lowest BCUT2D eigenvalue weighted by Crippen LogP contribution is -2.47. The largest absolute Gasteiger partial charge is 0.310 e. The molecule has 2 fully saturated rings. The molecule has 2 aliphatic rings. The van der Waals surface area contributed by atoms with Crippen molar-refractivity contribution in [2.75, 3.05) is 7.05 Å². The van der Waals surface area contributed by atoms with Crippen LogP contribution >= 0.6 is 0 Å². The van der Waals surface area contributed by atoms with Gasteiger partial charge < -0.3 is 10.2 Å². The number of nitrogens with one attached hydrogen (secondary N) is 1. The molecule has 0 aliphatic carbocycles. The van der Waals surface area contributed by atoms with Crippen molar-refractivity contribution in [3.05, 3.63) is 17.5 Å². The molecule has 4 heteroatoms. The number of fused-ring (bicyclic) bond motifs is 2. The van der Waals surface area contributed by atoms with E-state index in [9.17, 15) is 0 Å². The second kappa shape index (κ2) is 4.67. The average Bonchev–Trinajstić information content (AvgIpc) is 2.77. The van der Waals surface area contributed by atoms with E-state index in [4.69, 9.17) is 0 Å². The van der Waals surface area contributed by atoms with Crippen LogP contribution in [-0.2, 0) is 13.6 Å². The van der Waals surface area contributed by atoms with Gasteiger partial charge in [0.2, 0.25) is 0 Å². The summed E-state index contributed by atoms with van der Waals surface area (Å²) in [5, 5.41) is 8.04. The molecule has 1 N–H and O–H groups in total. The van der Waals surface area contributed by atoms with E-state index in [1.807, 2.05) is 17.9 Å². The van der Waals surface area contributed by atoms with Crippen molar-refractivity contribution in [2.24, 2.45) is 7.05 Å². The van der Waals surface area contributed by atoms with E-state index in [0.29, 0.717) is 6.04 Å². The van der Waals surface area contributed by atoms with Crippen LogP contribution in [0.5, 0.6) is 0 Å². The number of aryl methyl sites for hydroxylation is 1. The van der Waals surface area contributed by atoms with Crippen LogP contribution in [0.2, 0.25) is 0 Å². The topological polar surface area (TPSA) is 33.1 Å². The number of piperidine rings is 1. The molecule has 1 aromatic rings. The first-order chi connectivity index (χ1) is 8.65. The second-order valence-electron chi connectivity index (χ2n) is 5.98. The predicted octanol–water partition coefficient (Wildman–Crippen LogP) is 1.44. The molecule has 2 atom stereocenters. The van der Waals surface area contributed by atoms with E-state index in [1.165, 1.54) is 36.9 Å². The van der Waals surface area contributed by atoms with Crippen LogP contribution in [0.3, 0.4) is 0 Å². The first kappa shape index (κ1) is 12.2. The Morgan fingerprint density at radius 1 is 1.28 bits per heavy atom. The van der Waals surface area contributed by atoms with E-state index in [-0.39, 0.29) is 0 Å². The predicted molar refractivity (Wildman–Crippen MR) is 72.4 cm³/mol. The molecule has 0 aromatic carbocycles. The zero-order valence-electron chi connectivity index (χ0n) is 11.7. The zero-order valence-corrected chi connectivity index (χ0v) is 11.7. The van der Waals surface area contributed by atoms with Gasteiger partial charge in [-0.1, -0.05) is 0 Å². The molecule has 2 saturated heterocycles. The van der Waals surface area contributed by atoms with Gasteiger partial charge in [0, 0.05) is 43.0 Å². The minimum absolute atomic E-state index is 0.693. The number of nitrogens with zero attached hydrogens (tertiary/aromatic N) is 3. The van der Waals surface area contributed by atoms with Gasteiger partial charge in [-0.25, -0.2) is 0 Å². The van der Waals surface area contributed by atoms with E-state index < -0.39 is 0 Å². The highest BCUT2D eigenvalue weighted by atomic mass is 15.3. The van der Waals surface area contributed by atoms with E-state index in [0.717, 1.165) is 18.6 Å². The summed E-state index contributed by atoms with van der Waals surface area (Å²) in [6.45, 7) is 3.11. The third kappa shape index (κ3) is 2.08. The Balaban J connectivity index is 1.57. The normalized spacial score (nSPS) is 32.1. The second-order valence-corrected chi connectivity index (χ2v) is 5.98. The smallest absolute Gasteiger partial charge is 0.0537 e. The van der Waals surface area contributed by atoms with Crippen LogP contribution < -0.4 is 5.32 Å². The van der Waals surface area contributed by atoms with Gasteiger partial charge in [0.1, 0.15) is 0 Å². The summed E-state index contributed by atoms with van der Waals surface area (Å²) >= 11 is 0. The molecular formula is C14H24N4. The summed E-state index contributed by atoms with van der Waals surface area (Å²) in [7, 11) is 4.30. The van der Waals surface area contributed by atoms with Gasteiger partial charge in [-0.15, -0.1) is 0 Å². The van der Waals surface area contributed by atoms with E-state index in [1.54, 1.807) is 0 Å². The molecule has 3 heterocycles. The lowest BCUT2D eigenvalue weighted by atomic mass is 9.98. The summed E-state index contributed by atoms with van der Waals surface area (Å²) in [5.74, 6) is 0. The minimum Gasteiger partial charge on any atom is -0.310 e. The van der Waals surface area contributed by atoms with Crippen molar-refractivity contribution in [1.82, 2.24) is 20.0 Å². The van der Waals surface area contributed by atoms with Crippen LogP contribution in [0, 0.1) is 6.92 Å². The van der Waals surface area contributed by atoms with Gasteiger partial charge in [-0.2, -0.15) is 5.10 Å². The van der Waals surface area contributed by atoms with Crippen molar-refractivity contribution < 1.29 is 0 Å². The van der Waals surface area contributed by atoms with Gasteiger partial charge in [-0.05, 0) is 39.7 Å². The molecule has 0 saturated carbocycles. The molecule has 1 aromatic heterocycles. The van der Waals surface area contributed by atoms with Gasteiger partial charge in [0.25, 0.3) is 0 Å². The molecule has 0 spiro atoms. The van der Waals surface area contributed by atoms with Crippen molar-refractivity contribution in [3.63, 3.8) is 0 Å². The quantitative estimate of drug-likeness (QED) is 0.879. The molecule has 0 amide bonds. The SMILES string of the molecule is Cc1c(CNC2CC3CCC(C2)N3C)cnn1C. The highest BCUT2D eigenvalue weighted by molar-refractivity contribution is 5.15. The maximum absolute atomic E-state index is 4.30. The Labute approximate surface area is 109 Å². The monoisotopic (exact) mass is 248 g/mol. The lowest BCUT2D eigenvalue weighted by Gasteiger charge is -2.36. The number of rotatable bonds is 3. The Morgan fingerprint density at radius 2 is 1.94 bits per heavy atom. The van der Waals surface area contributed by atoms with Crippen LogP contribution in [0.4, 0.5) is 0 Å².